The lowest BCUT2D eigenvalue weighted by Gasteiger charge is -2.14. The van der Waals surface area contributed by atoms with Gasteiger partial charge in [-0.25, -0.2) is 0 Å². The van der Waals surface area contributed by atoms with Gasteiger partial charge in [0.2, 0.25) is 0 Å². The molecule has 3 aromatic rings. The fourth-order valence-corrected chi connectivity index (χ4v) is 2.71. The lowest BCUT2D eigenvalue weighted by Crippen LogP contribution is -2.06. The van der Waals surface area contributed by atoms with E-state index in [2.05, 4.69) is 52.9 Å². The first-order chi connectivity index (χ1) is 8.77. The number of nitrogens with zero attached hydrogens (tertiary/aromatic N) is 1. The Balaban J connectivity index is 2.20. The van der Waals surface area contributed by atoms with Crippen LogP contribution < -0.4 is 0 Å². The molecule has 18 heavy (non-hydrogen) atoms. The van der Waals surface area contributed by atoms with E-state index in [1.807, 2.05) is 18.2 Å². The molecule has 0 bridgehead atoms. The molecule has 0 spiro atoms. The van der Waals surface area contributed by atoms with Crippen molar-refractivity contribution in [2.45, 2.75) is 13.0 Å². The van der Waals surface area contributed by atoms with Crippen LogP contribution in [0.4, 0.5) is 0 Å². The Morgan fingerprint density at radius 1 is 1.00 bits per heavy atom. The topological polar surface area (TPSA) is 20.7 Å². The van der Waals surface area contributed by atoms with Gasteiger partial charge in [-0.1, -0.05) is 42.5 Å². The van der Waals surface area contributed by atoms with Crippen molar-refractivity contribution in [3.8, 4) is 0 Å². The highest BCUT2D eigenvalue weighted by molar-refractivity contribution is 7.71. The Morgan fingerprint density at radius 3 is 2.44 bits per heavy atom. The molecule has 0 aliphatic rings. The van der Waals surface area contributed by atoms with E-state index in [0.717, 1.165) is 15.8 Å². The van der Waals surface area contributed by atoms with Crippen molar-refractivity contribution in [3.63, 3.8) is 0 Å². The number of aromatic amines is 1. The van der Waals surface area contributed by atoms with Crippen molar-refractivity contribution < 1.29 is 0 Å². The number of H-pyrrole nitrogens is 1. The van der Waals surface area contributed by atoms with Gasteiger partial charge < -0.3 is 9.55 Å². The number of para-hydroxylation sites is 2. The van der Waals surface area contributed by atoms with E-state index < -0.39 is 0 Å². The third-order valence-electron chi connectivity index (χ3n) is 3.29. The molecular formula is C15H14N2S. The van der Waals surface area contributed by atoms with Gasteiger partial charge in [0, 0.05) is 0 Å². The van der Waals surface area contributed by atoms with Gasteiger partial charge in [0.25, 0.3) is 0 Å². The zero-order valence-electron chi connectivity index (χ0n) is 10.1. The predicted molar refractivity (Wildman–Crippen MR) is 77.4 cm³/mol. The average Bonchev–Trinajstić information content (AvgIpc) is 2.75. The zero-order chi connectivity index (χ0) is 12.5. The largest absolute Gasteiger partial charge is 0.331 e. The lowest BCUT2D eigenvalue weighted by atomic mass is 10.1. The fraction of sp³-hybridized carbons (Fsp3) is 0.133. The van der Waals surface area contributed by atoms with Crippen molar-refractivity contribution in [2.24, 2.45) is 0 Å². The second-order valence-electron chi connectivity index (χ2n) is 4.40. The fourth-order valence-electron chi connectivity index (χ4n) is 2.34. The quantitative estimate of drug-likeness (QED) is 0.676. The van der Waals surface area contributed by atoms with Gasteiger partial charge in [-0.05, 0) is 36.8 Å². The number of hydrogen-bond acceptors (Lipinski definition) is 1. The predicted octanol–water partition coefficient (Wildman–Crippen LogP) is 4.31. The van der Waals surface area contributed by atoms with Crippen LogP contribution in [0.2, 0.25) is 0 Å². The third-order valence-corrected chi connectivity index (χ3v) is 3.59. The highest BCUT2D eigenvalue weighted by Gasteiger charge is 2.12. The minimum absolute atomic E-state index is 0.231. The number of benzene rings is 2. The van der Waals surface area contributed by atoms with E-state index in [0.29, 0.717) is 0 Å². The smallest absolute Gasteiger partial charge is 0.178 e. The summed E-state index contributed by atoms with van der Waals surface area (Å²) in [6, 6.07) is 18.9. The van der Waals surface area contributed by atoms with Crippen molar-refractivity contribution >= 4 is 23.3 Å². The molecule has 1 atom stereocenters. The molecule has 1 N–H and O–H groups in total. The van der Waals surface area contributed by atoms with Crippen LogP contribution in [0.15, 0.2) is 54.6 Å². The minimum Gasteiger partial charge on any atom is -0.331 e. The molecule has 0 fully saturated rings. The van der Waals surface area contributed by atoms with Crippen molar-refractivity contribution in [3.05, 3.63) is 64.9 Å². The SMILES string of the molecule is C[C@H](c1ccccc1)n1c(=S)[nH]c2ccccc21. The normalized spacial score (nSPS) is 12.7. The summed E-state index contributed by atoms with van der Waals surface area (Å²) in [6.07, 6.45) is 0. The molecule has 1 aromatic heterocycles. The first-order valence-corrected chi connectivity index (χ1v) is 6.42. The van der Waals surface area contributed by atoms with Gasteiger partial charge in [0.05, 0.1) is 17.1 Å². The molecule has 0 amide bonds. The summed E-state index contributed by atoms with van der Waals surface area (Å²) in [5.41, 5.74) is 3.50. The van der Waals surface area contributed by atoms with Crippen LogP contribution >= 0.6 is 12.2 Å². The Kier molecular flexibility index (Phi) is 2.76. The van der Waals surface area contributed by atoms with E-state index in [1.165, 1.54) is 5.56 Å². The number of aromatic nitrogens is 2. The van der Waals surface area contributed by atoms with E-state index in [1.54, 1.807) is 0 Å². The molecule has 3 heteroatoms. The molecule has 0 saturated carbocycles. The Hall–Kier alpha value is -1.87. The van der Waals surface area contributed by atoms with Crippen LogP contribution in [0.3, 0.4) is 0 Å². The van der Waals surface area contributed by atoms with Gasteiger partial charge >= 0.3 is 0 Å². The van der Waals surface area contributed by atoms with Gasteiger partial charge in [-0.2, -0.15) is 0 Å². The summed E-state index contributed by atoms with van der Waals surface area (Å²) in [6.45, 7) is 2.17. The average molecular weight is 254 g/mol. The standard InChI is InChI=1S/C15H14N2S/c1-11(12-7-3-2-4-8-12)17-14-10-6-5-9-13(14)16-15(17)18/h2-11H,1H3,(H,16,18)/t11-/m1/s1. The molecule has 0 saturated heterocycles. The first-order valence-electron chi connectivity index (χ1n) is 6.01. The molecule has 90 valence electrons. The van der Waals surface area contributed by atoms with E-state index in [4.69, 9.17) is 12.2 Å². The summed E-state index contributed by atoms with van der Waals surface area (Å²) in [7, 11) is 0. The number of fused-ring (bicyclic) bond motifs is 1. The molecule has 0 aliphatic heterocycles. The van der Waals surface area contributed by atoms with Crippen LogP contribution in [0.5, 0.6) is 0 Å². The number of imidazole rings is 1. The minimum atomic E-state index is 0.231. The van der Waals surface area contributed by atoms with Gasteiger partial charge in [-0.3, -0.25) is 0 Å². The zero-order valence-corrected chi connectivity index (χ0v) is 10.9. The van der Waals surface area contributed by atoms with Crippen LogP contribution in [-0.4, -0.2) is 9.55 Å². The summed E-state index contributed by atoms with van der Waals surface area (Å²) in [5, 5.41) is 0. The molecule has 2 nitrogen and oxygen atoms in total. The molecular weight excluding hydrogens is 240 g/mol. The van der Waals surface area contributed by atoms with Crippen molar-refractivity contribution in [1.29, 1.82) is 0 Å². The summed E-state index contributed by atoms with van der Waals surface area (Å²) < 4.78 is 2.94. The second kappa shape index (κ2) is 4.42. The lowest BCUT2D eigenvalue weighted by molar-refractivity contribution is 0.649. The maximum Gasteiger partial charge on any atom is 0.178 e. The maximum absolute atomic E-state index is 5.44. The van der Waals surface area contributed by atoms with Gasteiger partial charge in [0.15, 0.2) is 4.77 Å². The first kappa shape index (κ1) is 11.2. The molecule has 3 rings (SSSR count). The third kappa shape index (κ3) is 1.77. The molecule has 1 heterocycles. The Labute approximate surface area is 111 Å². The summed E-state index contributed by atoms with van der Waals surface area (Å²) >= 11 is 5.44. The Bertz CT molecular complexity index is 725. The Morgan fingerprint density at radius 2 is 1.67 bits per heavy atom. The summed E-state index contributed by atoms with van der Waals surface area (Å²) in [5.74, 6) is 0. The number of hydrogen-bond donors (Lipinski definition) is 1. The van der Waals surface area contributed by atoms with Crippen LogP contribution in [-0.2, 0) is 0 Å². The molecule has 0 unspecified atom stereocenters. The highest BCUT2D eigenvalue weighted by Crippen LogP contribution is 2.23. The highest BCUT2D eigenvalue weighted by atomic mass is 32.1. The maximum atomic E-state index is 5.44. The number of rotatable bonds is 2. The molecule has 2 aromatic carbocycles. The second-order valence-corrected chi connectivity index (χ2v) is 4.79. The number of nitrogens with one attached hydrogen (secondary N) is 1. The van der Waals surface area contributed by atoms with E-state index >= 15 is 0 Å². The van der Waals surface area contributed by atoms with Gasteiger partial charge in [-0.15, -0.1) is 0 Å². The molecule has 0 radical (unpaired) electrons. The molecule has 0 aliphatic carbocycles. The van der Waals surface area contributed by atoms with Crippen molar-refractivity contribution in [1.82, 2.24) is 9.55 Å². The van der Waals surface area contributed by atoms with Crippen LogP contribution in [0.1, 0.15) is 18.5 Å². The van der Waals surface area contributed by atoms with E-state index in [9.17, 15) is 0 Å². The van der Waals surface area contributed by atoms with Crippen molar-refractivity contribution in [2.75, 3.05) is 0 Å². The van der Waals surface area contributed by atoms with Crippen LogP contribution in [0, 0.1) is 4.77 Å². The summed E-state index contributed by atoms with van der Waals surface area (Å²) in [4.78, 5) is 3.26. The van der Waals surface area contributed by atoms with Crippen LogP contribution in [0.25, 0.3) is 11.0 Å². The monoisotopic (exact) mass is 254 g/mol. The van der Waals surface area contributed by atoms with Gasteiger partial charge in [0.1, 0.15) is 0 Å². The van der Waals surface area contributed by atoms with E-state index in [-0.39, 0.29) is 6.04 Å².